The third kappa shape index (κ3) is 4.30. The number of nitrogens with one attached hydrogen (secondary N) is 1. The highest BCUT2D eigenvalue weighted by Crippen LogP contribution is 2.33. The first-order chi connectivity index (χ1) is 13.7. The number of anilines is 2. The molecule has 4 nitrogen and oxygen atoms in total. The Morgan fingerprint density at radius 2 is 1.71 bits per heavy atom. The van der Waals surface area contributed by atoms with E-state index in [1.165, 1.54) is 24.9 Å². The smallest absolute Gasteiger partial charge is 0.262 e. The number of amides is 1. The molecule has 0 spiro atoms. The zero-order valence-corrected chi connectivity index (χ0v) is 17.2. The summed E-state index contributed by atoms with van der Waals surface area (Å²) in [4.78, 5) is 14.7. The Kier molecular flexibility index (Phi) is 5.81. The molecule has 0 radical (unpaired) electrons. The number of fused-ring (bicyclic) bond motifs is 1. The molecule has 0 saturated carbocycles. The average Bonchev–Trinajstić information content (AvgIpc) is 2.75. The van der Waals surface area contributed by atoms with Crippen molar-refractivity contribution in [2.45, 2.75) is 19.3 Å². The van der Waals surface area contributed by atoms with Crippen molar-refractivity contribution in [2.24, 2.45) is 0 Å². The number of benzene rings is 3. The summed E-state index contributed by atoms with van der Waals surface area (Å²) in [5.41, 5.74) is 2.00. The summed E-state index contributed by atoms with van der Waals surface area (Å²) in [6.45, 7) is 2.19. The van der Waals surface area contributed by atoms with Gasteiger partial charge in [0.25, 0.3) is 5.91 Å². The highest BCUT2D eigenvalue weighted by Gasteiger charge is 2.12. The number of carbonyl (C=O) groups excluding carboxylic acids is 1. The van der Waals surface area contributed by atoms with Crippen molar-refractivity contribution in [3.8, 4) is 5.75 Å². The number of carbonyl (C=O) groups is 1. The van der Waals surface area contributed by atoms with Crippen LogP contribution in [0.2, 0.25) is 0 Å². The van der Waals surface area contributed by atoms with E-state index >= 15 is 0 Å². The topological polar surface area (TPSA) is 41.6 Å². The first-order valence-electron chi connectivity index (χ1n) is 9.65. The lowest BCUT2D eigenvalue weighted by Gasteiger charge is -2.28. The van der Waals surface area contributed by atoms with Crippen LogP contribution in [0.25, 0.3) is 10.8 Å². The summed E-state index contributed by atoms with van der Waals surface area (Å²) in [6.07, 6.45) is 3.82. The van der Waals surface area contributed by atoms with Gasteiger partial charge < -0.3 is 15.0 Å². The van der Waals surface area contributed by atoms with Crippen LogP contribution in [0.4, 0.5) is 11.4 Å². The van der Waals surface area contributed by atoms with Crippen LogP contribution in [0.5, 0.6) is 5.75 Å². The fourth-order valence-electron chi connectivity index (χ4n) is 3.57. The minimum Gasteiger partial charge on any atom is -0.483 e. The second-order valence-electron chi connectivity index (χ2n) is 7.03. The van der Waals surface area contributed by atoms with Crippen molar-refractivity contribution in [1.29, 1.82) is 0 Å². The van der Waals surface area contributed by atoms with E-state index in [2.05, 4.69) is 38.3 Å². The van der Waals surface area contributed by atoms with Gasteiger partial charge in [0.05, 0.1) is 4.47 Å². The number of hydrogen-bond acceptors (Lipinski definition) is 3. The van der Waals surface area contributed by atoms with Crippen LogP contribution in [0.3, 0.4) is 0 Å². The molecule has 28 heavy (non-hydrogen) atoms. The van der Waals surface area contributed by atoms with Crippen LogP contribution < -0.4 is 15.0 Å². The quantitative estimate of drug-likeness (QED) is 0.562. The molecular weight excluding hydrogens is 416 g/mol. The molecule has 1 amide bonds. The third-order valence-corrected chi connectivity index (χ3v) is 5.88. The maximum Gasteiger partial charge on any atom is 0.262 e. The van der Waals surface area contributed by atoms with E-state index in [-0.39, 0.29) is 12.5 Å². The molecule has 0 unspecified atom stereocenters. The van der Waals surface area contributed by atoms with Gasteiger partial charge in [-0.2, -0.15) is 0 Å². The molecule has 5 heteroatoms. The van der Waals surface area contributed by atoms with E-state index in [4.69, 9.17) is 4.74 Å². The maximum atomic E-state index is 12.3. The summed E-state index contributed by atoms with van der Waals surface area (Å²) in [5, 5.41) is 5.09. The summed E-state index contributed by atoms with van der Waals surface area (Å²) in [7, 11) is 0. The molecule has 3 aromatic carbocycles. The zero-order valence-electron chi connectivity index (χ0n) is 15.7. The maximum absolute atomic E-state index is 12.3. The highest BCUT2D eigenvalue weighted by molar-refractivity contribution is 9.10. The van der Waals surface area contributed by atoms with Crippen molar-refractivity contribution in [1.82, 2.24) is 0 Å². The largest absolute Gasteiger partial charge is 0.483 e. The zero-order chi connectivity index (χ0) is 19.3. The molecule has 0 aliphatic carbocycles. The Morgan fingerprint density at radius 1 is 0.964 bits per heavy atom. The number of rotatable bonds is 5. The Morgan fingerprint density at radius 3 is 2.50 bits per heavy atom. The predicted molar refractivity (Wildman–Crippen MR) is 118 cm³/mol. The first kappa shape index (κ1) is 18.8. The predicted octanol–water partition coefficient (Wildman–Crippen LogP) is 5.61. The summed E-state index contributed by atoms with van der Waals surface area (Å²) in [6, 6.07) is 20.0. The van der Waals surface area contributed by atoms with Crippen LogP contribution in [0.1, 0.15) is 19.3 Å². The van der Waals surface area contributed by atoms with Gasteiger partial charge in [-0.25, -0.2) is 0 Å². The van der Waals surface area contributed by atoms with E-state index in [0.29, 0.717) is 5.75 Å². The lowest BCUT2D eigenvalue weighted by Crippen LogP contribution is -2.29. The van der Waals surface area contributed by atoms with E-state index in [1.807, 2.05) is 48.5 Å². The molecule has 0 bridgehead atoms. The fourth-order valence-corrected chi connectivity index (χ4v) is 4.18. The number of nitrogens with zero attached hydrogens (tertiary/aromatic N) is 1. The molecule has 0 atom stereocenters. The van der Waals surface area contributed by atoms with Gasteiger partial charge in [0.15, 0.2) is 6.61 Å². The van der Waals surface area contributed by atoms with E-state index in [1.54, 1.807) is 0 Å². The van der Waals surface area contributed by atoms with Gasteiger partial charge >= 0.3 is 0 Å². The van der Waals surface area contributed by atoms with Gasteiger partial charge in [0.2, 0.25) is 0 Å². The van der Waals surface area contributed by atoms with Gasteiger partial charge in [-0.15, -0.1) is 0 Å². The summed E-state index contributed by atoms with van der Waals surface area (Å²) in [5.74, 6) is 0.486. The fraction of sp³-hybridized carbons (Fsp3) is 0.261. The lowest BCUT2D eigenvalue weighted by atomic mass is 10.1. The van der Waals surface area contributed by atoms with Crippen molar-refractivity contribution in [3.63, 3.8) is 0 Å². The van der Waals surface area contributed by atoms with Gasteiger partial charge in [0, 0.05) is 24.5 Å². The van der Waals surface area contributed by atoms with Crippen molar-refractivity contribution in [2.75, 3.05) is 29.9 Å². The van der Waals surface area contributed by atoms with Crippen molar-refractivity contribution >= 4 is 44.0 Å². The van der Waals surface area contributed by atoms with E-state index in [0.717, 1.165) is 34.0 Å². The van der Waals surface area contributed by atoms with Crippen LogP contribution in [-0.4, -0.2) is 25.6 Å². The normalized spacial score (nSPS) is 14.1. The Labute approximate surface area is 173 Å². The molecule has 0 aromatic heterocycles. The molecule has 1 aliphatic heterocycles. The van der Waals surface area contributed by atoms with Gasteiger partial charge in [-0.1, -0.05) is 30.3 Å². The molecule has 1 heterocycles. The standard InChI is InChI=1S/C23H23BrN2O2/c24-23-20-7-3-2-6-17(20)8-13-21(23)28-16-22(27)25-18-9-11-19(12-10-18)26-14-4-1-5-15-26/h2-3,6-13H,1,4-5,14-16H2,(H,25,27). The minimum atomic E-state index is -0.175. The van der Waals surface area contributed by atoms with Crippen LogP contribution in [0, 0.1) is 0 Å². The number of piperidine rings is 1. The van der Waals surface area contributed by atoms with Crippen LogP contribution in [-0.2, 0) is 4.79 Å². The van der Waals surface area contributed by atoms with Crippen LogP contribution in [0.15, 0.2) is 65.1 Å². The number of ether oxygens (including phenoxy) is 1. The minimum absolute atomic E-state index is 0.0369. The monoisotopic (exact) mass is 438 g/mol. The van der Waals surface area contributed by atoms with E-state index in [9.17, 15) is 4.79 Å². The number of halogens is 1. The summed E-state index contributed by atoms with van der Waals surface area (Å²) < 4.78 is 6.60. The molecule has 3 aromatic rings. The van der Waals surface area contributed by atoms with E-state index < -0.39 is 0 Å². The molecule has 1 saturated heterocycles. The molecule has 1 aliphatic rings. The van der Waals surface area contributed by atoms with Crippen molar-refractivity contribution < 1.29 is 9.53 Å². The SMILES string of the molecule is O=C(COc1ccc2ccccc2c1Br)Nc1ccc(N2CCCCC2)cc1. The molecule has 1 N–H and O–H groups in total. The molecule has 1 fully saturated rings. The molecular formula is C23H23BrN2O2. The second-order valence-corrected chi connectivity index (χ2v) is 7.82. The first-order valence-corrected chi connectivity index (χ1v) is 10.4. The lowest BCUT2D eigenvalue weighted by molar-refractivity contribution is -0.118. The Hall–Kier alpha value is -2.53. The van der Waals surface area contributed by atoms with Gasteiger partial charge in [-0.05, 0) is 76.3 Å². The third-order valence-electron chi connectivity index (χ3n) is 5.06. The van der Waals surface area contributed by atoms with Crippen molar-refractivity contribution in [3.05, 3.63) is 65.1 Å². The Bertz CT molecular complexity index is 966. The van der Waals surface area contributed by atoms with Crippen LogP contribution >= 0.6 is 15.9 Å². The molecule has 4 rings (SSSR count). The second kappa shape index (κ2) is 8.65. The van der Waals surface area contributed by atoms with Gasteiger partial charge in [0.1, 0.15) is 5.75 Å². The highest BCUT2D eigenvalue weighted by atomic mass is 79.9. The Balaban J connectivity index is 1.35. The summed E-state index contributed by atoms with van der Waals surface area (Å²) >= 11 is 3.58. The number of hydrogen-bond donors (Lipinski definition) is 1. The molecule has 144 valence electrons. The average molecular weight is 439 g/mol. The van der Waals surface area contributed by atoms with Gasteiger partial charge in [-0.3, -0.25) is 4.79 Å².